The van der Waals surface area contributed by atoms with Crippen molar-refractivity contribution in [1.29, 1.82) is 0 Å². The fourth-order valence-electron chi connectivity index (χ4n) is 4.03. The van der Waals surface area contributed by atoms with E-state index in [1.807, 2.05) is 42.5 Å². The maximum atomic E-state index is 13.2. The van der Waals surface area contributed by atoms with E-state index >= 15 is 0 Å². The molecule has 0 fully saturated rings. The van der Waals surface area contributed by atoms with Crippen LogP contribution in [0.3, 0.4) is 0 Å². The maximum absolute atomic E-state index is 13.2. The summed E-state index contributed by atoms with van der Waals surface area (Å²) in [5.74, 6) is 0.534. The number of hydrogen-bond donors (Lipinski definition) is 1. The van der Waals surface area contributed by atoms with Crippen LogP contribution in [0.5, 0.6) is 5.75 Å². The Bertz CT molecular complexity index is 983. The van der Waals surface area contributed by atoms with Gasteiger partial charge in [-0.05, 0) is 47.7 Å². The SMILES string of the molecule is Cc1ccc([C@@H]2CC(c3ccc(O)cc3)=CC2C(=O)Cc2ccccc2)cc1. The van der Waals surface area contributed by atoms with Crippen LogP contribution in [-0.2, 0) is 11.2 Å². The second kappa shape index (κ2) is 7.85. The Morgan fingerprint density at radius 3 is 2.29 bits per heavy atom. The van der Waals surface area contributed by atoms with E-state index in [9.17, 15) is 9.90 Å². The van der Waals surface area contributed by atoms with Gasteiger partial charge in [-0.2, -0.15) is 0 Å². The van der Waals surface area contributed by atoms with Gasteiger partial charge in [-0.25, -0.2) is 0 Å². The van der Waals surface area contributed by atoms with Crippen molar-refractivity contribution in [1.82, 2.24) is 0 Å². The van der Waals surface area contributed by atoms with E-state index < -0.39 is 0 Å². The highest BCUT2D eigenvalue weighted by atomic mass is 16.3. The molecule has 0 heterocycles. The highest BCUT2D eigenvalue weighted by Gasteiger charge is 2.34. The Labute approximate surface area is 166 Å². The number of allylic oxidation sites excluding steroid dienone is 2. The summed E-state index contributed by atoms with van der Waals surface area (Å²) < 4.78 is 0. The van der Waals surface area contributed by atoms with Gasteiger partial charge in [-0.15, -0.1) is 0 Å². The van der Waals surface area contributed by atoms with E-state index in [1.54, 1.807) is 12.1 Å². The van der Waals surface area contributed by atoms with Gasteiger partial charge in [0.05, 0.1) is 0 Å². The number of ketones is 1. The first-order valence-electron chi connectivity index (χ1n) is 9.73. The van der Waals surface area contributed by atoms with Gasteiger partial charge in [-0.1, -0.05) is 78.4 Å². The van der Waals surface area contributed by atoms with Gasteiger partial charge in [-0.3, -0.25) is 4.79 Å². The van der Waals surface area contributed by atoms with Gasteiger partial charge in [0.15, 0.2) is 0 Å². The smallest absolute Gasteiger partial charge is 0.144 e. The molecule has 0 radical (unpaired) electrons. The third kappa shape index (κ3) is 3.91. The largest absolute Gasteiger partial charge is 0.508 e. The van der Waals surface area contributed by atoms with E-state index in [1.165, 1.54) is 16.7 Å². The maximum Gasteiger partial charge on any atom is 0.144 e. The first-order valence-corrected chi connectivity index (χ1v) is 9.73. The summed E-state index contributed by atoms with van der Waals surface area (Å²) >= 11 is 0. The average Bonchev–Trinajstić information content (AvgIpc) is 3.15. The number of aromatic hydroxyl groups is 1. The number of phenols is 1. The van der Waals surface area contributed by atoms with Crippen LogP contribution in [0.2, 0.25) is 0 Å². The van der Waals surface area contributed by atoms with E-state index in [0.29, 0.717) is 6.42 Å². The van der Waals surface area contributed by atoms with Crippen molar-refractivity contribution in [3.8, 4) is 5.75 Å². The quantitative estimate of drug-likeness (QED) is 0.627. The molecule has 1 aliphatic carbocycles. The number of aryl methyl sites for hydroxylation is 1. The van der Waals surface area contributed by atoms with Crippen molar-refractivity contribution in [2.75, 3.05) is 0 Å². The lowest BCUT2D eigenvalue weighted by Crippen LogP contribution is -2.19. The highest BCUT2D eigenvalue weighted by Crippen LogP contribution is 2.43. The molecule has 1 aliphatic rings. The molecule has 0 saturated carbocycles. The lowest BCUT2D eigenvalue weighted by molar-refractivity contribution is -0.121. The topological polar surface area (TPSA) is 37.3 Å². The molecular weight excluding hydrogens is 344 g/mol. The fourth-order valence-corrected chi connectivity index (χ4v) is 4.03. The van der Waals surface area contributed by atoms with Gasteiger partial charge in [0.25, 0.3) is 0 Å². The lowest BCUT2D eigenvalue weighted by atomic mass is 9.83. The fraction of sp³-hybridized carbons (Fsp3) is 0.192. The van der Waals surface area contributed by atoms with Crippen molar-refractivity contribution in [2.45, 2.75) is 25.7 Å². The van der Waals surface area contributed by atoms with Crippen LogP contribution in [0.1, 0.15) is 34.6 Å². The second-order valence-corrected chi connectivity index (χ2v) is 7.61. The van der Waals surface area contributed by atoms with Gasteiger partial charge in [0, 0.05) is 18.3 Å². The molecule has 0 amide bonds. The monoisotopic (exact) mass is 368 g/mol. The molecule has 3 aromatic rings. The Morgan fingerprint density at radius 1 is 0.929 bits per heavy atom. The summed E-state index contributed by atoms with van der Waals surface area (Å²) in [4.78, 5) is 13.2. The lowest BCUT2D eigenvalue weighted by Gasteiger charge is -2.19. The van der Waals surface area contributed by atoms with E-state index in [-0.39, 0.29) is 23.4 Å². The minimum atomic E-state index is -0.133. The Morgan fingerprint density at radius 2 is 1.61 bits per heavy atom. The molecule has 2 heteroatoms. The molecule has 1 unspecified atom stereocenters. The van der Waals surface area contributed by atoms with Crippen molar-refractivity contribution >= 4 is 11.4 Å². The number of carbonyl (C=O) groups excluding carboxylic acids is 1. The molecule has 1 N–H and O–H groups in total. The summed E-state index contributed by atoms with van der Waals surface area (Å²) in [7, 11) is 0. The van der Waals surface area contributed by atoms with Crippen molar-refractivity contribution in [2.24, 2.45) is 5.92 Å². The molecule has 28 heavy (non-hydrogen) atoms. The molecule has 0 aliphatic heterocycles. The molecule has 3 aromatic carbocycles. The Hall–Kier alpha value is -3.13. The van der Waals surface area contributed by atoms with E-state index in [4.69, 9.17) is 0 Å². The van der Waals surface area contributed by atoms with E-state index in [2.05, 4.69) is 37.3 Å². The number of benzene rings is 3. The van der Waals surface area contributed by atoms with Crippen LogP contribution in [0, 0.1) is 12.8 Å². The molecule has 140 valence electrons. The zero-order valence-electron chi connectivity index (χ0n) is 16.0. The second-order valence-electron chi connectivity index (χ2n) is 7.61. The third-order valence-electron chi connectivity index (χ3n) is 5.59. The van der Waals surface area contributed by atoms with Crippen molar-refractivity contribution < 1.29 is 9.90 Å². The zero-order chi connectivity index (χ0) is 19.5. The van der Waals surface area contributed by atoms with E-state index in [0.717, 1.165) is 17.5 Å². The Kier molecular flexibility index (Phi) is 5.12. The number of Topliss-reactive ketones (excluding diaryl/α,β-unsaturated/α-hetero) is 1. The predicted molar refractivity (Wildman–Crippen MR) is 113 cm³/mol. The van der Waals surface area contributed by atoms with Crippen LogP contribution < -0.4 is 0 Å². The highest BCUT2D eigenvalue weighted by molar-refractivity contribution is 5.90. The standard InChI is InChI=1S/C26H24O2/c1-18-7-9-21(10-8-18)24-16-22(20-11-13-23(27)14-12-20)17-25(24)26(28)15-19-5-3-2-4-6-19/h2-14,17,24-25,27H,15-16H2,1H3/t24-,25?/m0/s1. The van der Waals surface area contributed by atoms with Crippen LogP contribution in [0.4, 0.5) is 0 Å². The summed E-state index contributed by atoms with van der Waals surface area (Å²) in [6.07, 6.45) is 3.43. The van der Waals surface area contributed by atoms with Gasteiger partial charge in [0.2, 0.25) is 0 Å². The van der Waals surface area contributed by atoms with Crippen LogP contribution >= 0.6 is 0 Å². The number of rotatable bonds is 5. The Balaban J connectivity index is 1.65. The van der Waals surface area contributed by atoms with Gasteiger partial charge >= 0.3 is 0 Å². The molecule has 4 rings (SSSR count). The van der Waals surface area contributed by atoms with Gasteiger partial charge in [0.1, 0.15) is 11.5 Å². The van der Waals surface area contributed by atoms with Crippen molar-refractivity contribution in [3.05, 3.63) is 107 Å². The zero-order valence-corrected chi connectivity index (χ0v) is 16.0. The molecule has 2 atom stereocenters. The summed E-state index contributed by atoms with van der Waals surface area (Å²) in [5.41, 5.74) is 5.74. The molecule has 0 spiro atoms. The third-order valence-corrected chi connectivity index (χ3v) is 5.59. The predicted octanol–water partition coefficient (Wildman–Crippen LogP) is 5.70. The average molecular weight is 368 g/mol. The first-order chi connectivity index (χ1) is 13.6. The summed E-state index contributed by atoms with van der Waals surface area (Å²) in [5, 5.41) is 9.59. The molecule has 0 saturated heterocycles. The minimum absolute atomic E-state index is 0.133. The molecular formula is C26H24O2. The summed E-state index contributed by atoms with van der Waals surface area (Å²) in [6.45, 7) is 2.08. The number of carbonyl (C=O) groups is 1. The first kappa shape index (κ1) is 18.2. The van der Waals surface area contributed by atoms with Crippen LogP contribution in [0.25, 0.3) is 5.57 Å². The number of phenolic OH excluding ortho intramolecular Hbond substituents is 1. The van der Waals surface area contributed by atoms with Crippen molar-refractivity contribution in [3.63, 3.8) is 0 Å². The van der Waals surface area contributed by atoms with Gasteiger partial charge < -0.3 is 5.11 Å². The summed E-state index contributed by atoms with van der Waals surface area (Å²) in [6, 6.07) is 25.8. The molecule has 0 bridgehead atoms. The minimum Gasteiger partial charge on any atom is -0.508 e. The molecule has 0 aromatic heterocycles. The molecule has 2 nitrogen and oxygen atoms in total. The normalized spacial score (nSPS) is 18.7. The van der Waals surface area contributed by atoms with Crippen LogP contribution in [0.15, 0.2) is 84.9 Å². The van der Waals surface area contributed by atoms with Crippen LogP contribution in [-0.4, -0.2) is 10.9 Å². The number of hydrogen-bond acceptors (Lipinski definition) is 2.